The number of aromatic nitrogens is 1. The van der Waals surface area contributed by atoms with Gasteiger partial charge in [0.15, 0.2) is 6.04 Å². The third-order valence-corrected chi connectivity index (χ3v) is 7.06. The van der Waals surface area contributed by atoms with Crippen molar-refractivity contribution in [1.82, 2.24) is 15.2 Å². The summed E-state index contributed by atoms with van der Waals surface area (Å²) in [6.45, 7) is 7.85. The van der Waals surface area contributed by atoms with Gasteiger partial charge in [-0.2, -0.15) is 13.2 Å². The van der Waals surface area contributed by atoms with E-state index in [0.717, 1.165) is 12.3 Å². The van der Waals surface area contributed by atoms with Crippen molar-refractivity contribution in [2.75, 3.05) is 11.9 Å². The van der Waals surface area contributed by atoms with Gasteiger partial charge < -0.3 is 20.6 Å². The van der Waals surface area contributed by atoms with Gasteiger partial charge in [0.2, 0.25) is 0 Å². The Morgan fingerprint density at radius 1 is 1.31 bits per heavy atom. The fourth-order valence-electron chi connectivity index (χ4n) is 4.01. The van der Waals surface area contributed by atoms with Gasteiger partial charge in [-0.05, 0) is 53.0 Å². The van der Waals surface area contributed by atoms with E-state index >= 15 is 0 Å². The highest BCUT2D eigenvalue weighted by Crippen LogP contribution is 2.30. The van der Waals surface area contributed by atoms with Crippen LogP contribution in [0.5, 0.6) is 0 Å². The lowest BCUT2D eigenvalue weighted by Gasteiger charge is -2.27. The molecule has 1 saturated heterocycles. The number of likely N-dealkylation sites (tertiary alicyclic amines) is 1. The van der Waals surface area contributed by atoms with Gasteiger partial charge in [0.1, 0.15) is 11.9 Å². The molecule has 1 aliphatic heterocycles. The van der Waals surface area contributed by atoms with Crippen LogP contribution in [0.3, 0.4) is 0 Å². The zero-order valence-electron chi connectivity index (χ0n) is 22.4. The van der Waals surface area contributed by atoms with Crippen LogP contribution in [-0.4, -0.2) is 80.4 Å². The number of carbonyl (C=O) groups is 2. The van der Waals surface area contributed by atoms with Crippen molar-refractivity contribution in [1.29, 1.82) is 0 Å². The molecule has 1 aromatic rings. The van der Waals surface area contributed by atoms with Crippen LogP contribution in [0.4, 0.5) is 27.8 Å². The first kappa shape index (κ1) is 32.5. The quantitative estimate of drug-likeness (QED) is 0.157. The molecule has 2 amide bonds. The molecule has 3 N–H and O–H groups in total. The van der Waals surface area contributed by atoms with E-state index in [1.807, 2.05) is 6.92 Å². The minimum atomic E-state index is -4.63. The maximum absolute atomic E-state index is 14.1. The van der Waals surface area contributed by atoms with E-state index in [-0.39, 0.29) is 28.6 Å². The number of aliphatic hydroxyl groups excluding tert-OH is 1. The van der Waals surface area contributed by atoms with E-state index < -0.39 is 60.0 Å². The molecule has 2 heterocycles. The summed E-state index contributed by atoms with van der Waals surface area (Å²) >= 11 is 5.45. The summed E-state index contributed by atoms with van der Waals surface area (Å²) < 4.78 is 67.8. The van der Waals surface area contributed by atoms with Gasteiger partial charge in [0.25, 0.3) is 18.2 Å². The van der Waals surface area contributed by atoms with Crippen LogP contribution >= 0.6 is 12.2 Å². The molecule has 0 spiro atoms. The molecule has 39 heavy (non-hydrogen) atoms. The number of aliphatic hydroxyl groups is 1. The Hall–Kier alpha value is -2.74. The Morgan fingerprint density at radius 2 is 1.95 bits per heavy atom. The van der Waals surface area contributed by atoms with Crippen molar-refractivity contribution < 1.29 is 36.6 Å². The molecule has 1 aromatic heterocycles. The lowest BCUT2D eigenvalue weighted by Crippen LogP contribution is -2.46. The Bertz CT molecular complexity index is 1080. The highest BCUT2D eigenvalue weighted by molar-refractivity contribution is 7.81. The van der Waals surface area contributed by atoms with E-state index in [9.17, 15) is 36.6 Å². The van der Waals surface area contributed by atoms with Gasteiger partial charge in [-0.1, -0.05) is 19.1 Å². The lowest BCUT2D eigenvalue weighted by molar-refractivity contribution is -0.143. The number of hydrogen-bond acceptors (Lipinski definition) is 7. The highest BCUT2D eigenvalue weighted by Gasteiger charge is 2.39. The second kappa shape index (κ2) is 13.6. The third kappa shape index (κ3) is 8.37. The molecular weight excluding hydrogens is 545 g/mol. The zero-order valence-corrected chi connectivity index (χ0v) is 23.2. The molecule has 0 saturated carbocycles. The Labute approximate surface area is 229 Å². The zero-order chi connectivity index (χ0) is 29.7. The molecule has 0 aliphatic carbocycles. The van der Waals surface area contributed by atoms with Gasteiger partial charge in [-0.15, -0.1) is 0 Å². The number of alkyl halides is 5. The summed E-state index contributed by atoms with van der Waals surface area (Å²) in [7, 11) is 0. The summed E-state index contributed by atoms with van der Waals surface area (Å²) in [4.78, 5) is 35.4. The topological polar surface area (TPSA) is 107 Å². The minimum absolute atomic E-state index is 0.171. The van der Waals surface area contributed by atoms with Crippen molar-refractivity contribution in [2.24, 2.45) is 4.99 Å². The van der Waals surface area contributed by atoms with E-state index in [0.29, 0.717) is 19.4 Å². The first-order valence-corrected chi connectivity index (χ1v) is 13.0. The largest absolute Gasteiger partial charge is 0.408 e. The fourth-order valence-corrected chi connectivity index (χ4v) is 4.33. The predicted molar refractivity (Wildman–Crippen MR) is 141 cm³/mol. The number of anilines is 1. The molecule has 0 aromatic carbocycles. The number of thiocarbonyl (C=S) groups is 1. The average molecular weight is 580 g/mol. The molecule has 0 radical (unpaired) electrons. The van der Waals surface area contributed by atoms with Gasteiger partial charge >= 0.3 is 6.18 Å². The van der Waals surface area contributed by atoms with Crippen molar-refractivity contribution in [3.05, 3.63) is 23.4 Å². The fraction of sp³-hybridized carbons (Fsp3) is 0.640. The number of rotatable bonds is 11. The molecule has 14 heteroatoms. The second-order valence-electron chi connectivity index (χ2n) is 9.61. The number of hydrogen-bond donors (Lipinski definition) is 3. The Balaban J connectivity index is 2.51. The Kier molecular flexibility index (Phi) is 11.3. The van der Waals surface area contributed by atoms with Crippen LogP contribution in [0, 0.1) is 0 Å². The molecule has 1 unspecified atom stereocenters. The van der Waals surface area contributed by atoms with Crippen molar-refractivity contribution >= 4 is 40.4 Å². The number of nitrogens with one attached hydrogen (secondary N) is 2. The van der Waals surface area contributed by atoms with Crippen LogP contribution in [0.1, 0.15) is 71.4 Å². The molecule has 1 aliphatic rings. The number of carbonyl (C=O) groups excluding carboxylic acids is 2. The van der Waals surface area contributed by atoms with Gasteiger partial charge in [-0.3, -0.25) is 14.6 Å². The first-order chi connectivity index (χ1) is 18.1. The highest BCUT2D eigenvalue weighted by atomic mass is 32.1. The minimum Gasteiger partial charge on any atom is -0.391 e. The molecule has 8 nitrogen and oxygen atoms in total. The normalized spacial score (nSPS) is 19.4. The van der Waals surface area contributed by atoms with E-state index in [1.54, 1.807) is 6.92 Å². The third-order valence-electron chi connectivity index (χ3n) is 6.61. The van der Waals surface area contributed by atoms with E-state index in [1.165, 1.54) is 25.7 Å². The van der Waals surface area contributed by atoms with Crippen LogP contribution < -0.4 is 10.6 Å². The van der Waals surface area contributed by atoms with Crippen molar-refractivity contribution in [2.45, 2.75) is 96.8 Å². The summed E-state index contributed by atoms with van der Waals surface area (Å²) in [6, 6.07) is -3.58. The lowest BCUT2D eigenvalue weighted by atomic mass is 10.0. The molecule has 218 valence electrons. The molecule has 1 fully saturated rings. The van der Waals surface area contributed by atoms with E-state index in [2.05, 4.69) is 20.6 Å². The van der Waals surface area contributed by atoms with Crippen LogP contribution in [0.15, 0.2) is 17.3 Å². The summed E-state index contributed by atoms with van der Waals surface area (Å²) in [6.07, 6.45) is -6.70. The number of amides is 2. The molecular formula is C25H34F5N5O3S. The van der Waals surface area contributed by atoms with Crippen molar-refractivity contribution in [3.8, 4) is 0 Å². The maximum atomic E-state index is 14.1. The molecule has 0 bridgehead atoms. The van der Waals surface area contributed by atoms with Gasteiger partial charge in [-0.25, -0.2) is 13.8 Å². The van der Waals surface area contributed by atoms with Crippen molar-refractivity contribution in [3.63, 3.8) is 0 Å². The first-order valence-electron chi connectivity index (χ1n) is 12.6. The smallest absolute Gasteiger partial charge is 0.391 e. The predicted octanol–water partition coefficient (Wildman–Crippen LogP) is 4.22. The summed E-state index contributed by atoms with van der Waals surface area (Å²) in [5.41, 5.74) is -1.22. The molecule has 5 atom stereocenters. The maximum Gasteiger partial charge on any atom is 0.408 e. The number of pyridine rings is 1. The Morgan fingerprint density at radius 3 is 2.44 bits per heavy atom. The second-order valence-corrected chi connectivity index (χ2v) is 10.1. The summed E-state index contributed by atoms with van der Waals surface area (Å²) in [5, 5.41) is 14.3. The average Bonchev–Trinajstić information content (AvgIpc) is 3.29. The van der Waals surface area contributed by atoms with E-state index in [4.69, 9.17) is 12.2 Å². The van der Waals surface area contributed by atoms with Gasteiger partial charge in [0.05, 0.1) is 22.7 Å². The number of aliphatic imine (C=N–C) groups is 1. The van der Waals surface area contributed by atoms with Crippen LogP contribution in [0.25, 0.3) is 0 Å². The number of halogens is 5. The van der Waals surface area contributed by atoms with Crippen LogP contribution in [0.2, 0.25) is 0 Å². The monoisotopic (exact) mass is 579 g/mol. The standard InChI is InChI=1S/C25H34F5N5O3S/c1-6-18(25(28,29)30)34-19-10-16(22(26)27)17(11-31-19)21(39)20(24(38)35-9-7-8-12(35)2)32-14(4)23(37)33-13(3)15(5)36/h10-13,15,18,20,22,36H,6-9H2,1-5H3,(H,31,34)(H,33,37)/b32-14+/t12-,13+,15+,18-,20?/m0/s1. The van der Waals surface area contributed by atoms with Gasteiger partial charge in [0, 0.05) is 29.9 Å². The van der Waals surface area contributed by atoms with Crippen LogP contribution in [-0.2, 0) is 9.59 Å². The number of nitrogens with zero attached hydrogens (tertiary/aromatic N) is 3. The SMILES string of the molecule is CC[C@H](Nc1cc(C(F)F)c(C(=S)C(/N=C(\C)C(=O)N[C@H](C)[C@@H](C)O)C(=O)N2CCC[C@@H]2C)cn1)C(F)(F)F. The molecule has 2 rings (SSSR count). The summed E-state index contributed by atoms with van der Waals surface area (Å²) in [5.74, 6) is -1.71.